The van der Waals surface area contributed by atoms with Crippen LogP contribution in [0.15, 0.2) is 12.1 Å². The van der Waals surface area contributed by atoms with Crippen molar-refractivity contribution in [1.82, 2.24) is 5.32 Å². The molecule has 4 rings (SSSR count). The summed E-state index contributed by atoms with van der Waals surface area (Å²) in [5, 5.41) is 35.5. The van der Waals surface area contributed by atoms with Crippen molar-refractivity contribution in [2.24, 2.45) is 0 Å². The molecule has 2 N–H and O–H groups in total. The topological polar surface area (TPSA) is 119 Å². The highest BCUT2D eigenvalue weighted by atomic mass is 16.6. The number of phenolic OH excluding ortho intramolecular Hbond substituents is 1. The Bertz CT molecular complexity index is 751. The van der Waals surface area contributed by atoms with Crippen molar-refractivity contribution in [2.45, 2.75) is 114 Å². The lowest BCUT2D eigenvalue weighted by Gasteiger charge is -2.30. The highest BCUT2D eigenvalue weighted by molar-refractivity contribution is 5.58. The van der Waals surface area contributed by atoms with Gasteiger partial charge in [-0.2, -0.15) is 0 Å². The third-order valence-electron chi connectivity index (χ3n) is 7.24. The lowest BCUT2D eigenvalue weighted by atomic mass is 9.83. The van der Waals surface area contributed by atoms with E-state index in [0.717, 1.165) is 50.3 Å². The molecule has 1 aromatic carbocycles. The molecule has 3 aliphatic rings. The van der Waals surface area contributed by atoms with Crippen LogP contribution >= 0.6 is 0 Å². The van der Waals surface area contributed by atoms with Gasteiger partial charge in [0.15, 0.2) is 5.75 Å². The summed E-state index contributed by atoms with van der Waals surface area (Å²) < 4.78 is 0. The molecule has 0 aromatic heterocycles. The summed E-state index contributed by atoms with van der Waals surface area (Å²) in [7, 11) is 0. The number of phenols is 1. The number of non-ortho nitro benzene ring substituents is 1. The zero-order valence-corrected chi connectivity index (χ0v) is 19.0. The van der Waals surface area contributed by atoms with Crippen LogP contribution < -0.4 is 5.32 Å². The van der Waals surface area contributed by atoms with Gasteiger partial charge in [-0.25, -0.2) is 0 Å². The lowest BCUT2D eigenvalue weighted by Crippen LogP contribution is -2.40. The molecule has 8 heteroatoms. The Morgan fingerprint density at radius 2 is 1.19 bits per heavy atom. The highest BCUT2D eigenvalue weighted by Gasteiger charge is 2.28. The minimum Gasteiger partial charge on any atom is -0.502 e. The number of hydrogen-bond acceptors (Lipinski definition) is 6. The van der Waals surface area contributed by atoms with Crippen LogP contribution in [-0.2, 0) is 0 Å². The van der Waals surface area contributed by atoms with Gasteiger partial charge in [-0.15, -0.1) is 0 Å². The zero-order valence-electron chi connectivity index (χ0n) is 19.0. The van der Waals surface area contributed by atoms with Crippen molar-refractivity contribution in [3.8, 4) is 5.75 Å². The largest absolute Gasteiger partial charge is 0.502 e. The summed E-state index contributed by atoms with van der Waals surface area (Å²) in [6, 6.07) is 3.81. The molecule has 3 aliphatic carbocycles. The first kappa shape index (κ1) is 24.4. The molecule has 3 saturated carbocycles. The molecule has 0 unspecified atom stereocenters. The Balaban J connectivity index is 0.000000193. The second kappa shape index (κ2) is 12.1. The summed E-state index contributed by atoms with van der Waals surface area (Å²) in [5.41, 5.74) is -0.597. The van der Waals surface area contributed by atoms with Gasteiger partial charge < -0.3 is 10.4 Å². The number of nitro benzene ring substituents is 2. The molecule has 3 fully saturated rings. The number of nitro groups is 2. The predicted octanol–water partition coefficient (Wildman–Crippen LogP) is 6.50. The Kier molecular flexibility index (Phi) is 9.26. The highest BCUT2D eigenvalue weighted by Crippen LogP contribution is 2.43. The van der Waals surface area contributed by atoms with E-state index in [-0.39, 0.29) is 11.6 Å². The van der Waals surface area contributed by atoms with Crippen LogP contribution in [0, 0.1) is 20.2 Å². The molecule has 32 heavy (non-hydrogen) atoms. The first-order valence-electron chi connectivity index (χ1n) is 12.4. The van der Waals surface area contributed by atoms with Gasteiger partial charge in [0.25, 0.3) is 5.69 Å². The normalized spacial score (nSPS) is 20.9. The van der Waals surface area contributed by atoms with E-state index in [2.05, 4.69) is 5.32 Å². The Morgan fingerprint density at radius 3 is 1.62 bits per heavy atom. The molecule has 0 aliphatic heterocycles. The Hall–Kier alpha value is -2.22. The average molecular weight is 448 g/mol. The summed E-state index contributed by atoms with van der Waals surface area (Å²) in [5.74, 6) is -0.463. The quantitative estimate of drug-likeness (QED) is 0.393. The van der Waals surface area contributed by atoms with Gasteiger partial charge in [-0.05, 0) is 44.4 Å². The van der Waals surface area contributed by atoms with Crippen molar-refractivity contribution in [1.29, 1.82) is 0 Å². The van der Waals surface area contributed by atoms with Gasteiger partial charge >= 0.3 is 5.69 Å². The maximum Gasteiger partial charge on any atom is 0.317 e. The predicted molar refractivity (Wildman–Crippen MR) is 124 cm³/mol. The third-order valence-corrected chi connectivity index (χ3v) is 7.24. The van der Waals surface area contributed by atoms with Gasteiger partial charge in [0.05, 0.1) is 15.9 Å². The molecule has 8 nitrogen and oxygen atoms in total. The zero-order chi connectivity index (χ0) is 22.9. The van der Waals surface area contributed by atoms with Gasteiger partial charge in [0.2, 0.25) is 0 Å². The molecular weight excluding hydrogens is 410 g/mol. The standard InChI is InChI=1S/C12H14N2O5.C12H23N/c15-12-10(8-4-2-1-3-5-8)6-9(13(16)17)7-11(12)14(18)19;1-3-7-11(8-4-1)13-12-9-5-2-6-10-12/h6-8,15H,1-5H2;11-13H,1-10H2. The van der Waals surface area contributed by atoms with Crippen molar-refractivity contribution >= 4 is 11.4 Å². The van der Waals surface area contributed by atoms with Gasteiger partial charge in [-0.1, -0.05) is 57.8 Å². The first-order chi connectivity index (χ1) is 15.5. The van der Waals surface area contributed by atoms with Crippen molar-refractivity contribution < 1.29 is 15.0 Å². The van der Waals surface area contributed by atoms with Gasteiger partial charge in [0.1, 0.15) is 0 Å². The maximum absolute atomic E-state index is 10.9. The fourth-order valence-electron chi connectivity index (χ4n) is 5.47. The smallest absolute Gasteiger partial charge is 0.317 e. The number of rotatable bonds is 5. The molecule has 0 amide bonds. The number of benzene rings is 1. The lowest BCUT2D eigenvalue weighted by molar-refractivity contribution is -0.394. The van der Waals surface area contributed by atoms with Crippen molar-refractivity contribution in [3.63, 3.8) is 0 Å². The van der Waals surface area contributed by atoms with E-state index < -0.39 is 21.3 Å². The molecule has 178 valence electrons. The van der Waals surface area contributed by atoms with Crippen LogP contribution in [0.25, 0.3) is 0 Å². The molecule has 0 spiro atoms. The molecule has 0 saturated heterocycles. The second-order valence-corrected chi connectivity index (χ2v) is 9.59. The first-order valence-corrected chi connectivity index (χ1v) is 12.4. The van der Waals surface area contributed by atoms with Crippen molar-refractivity contribution in [2.75, 3.05) is 0 Å². The second-order valence-electron chi connectivity index (χ2n) is 9.59. The summed E-state index contributed by atoms with van der Waals surface area (Å²) in [4.78, 5) is 20.2. The van der Waals surface area contributed by atoms with Gasteiger partial charge in [-0.3, -0.25) is 20.2 Å². The fourth-order valence-corrected chi connectivity index (χ4v) is 5.47. The summed E-state index contributed by atoms with van der Waals surface area (Å²) >= 11 is 0. The van der Waals surface area contributed by atoms with E-state index >= 15 is 0 Å². The number of nitrogens with one attached hydrogen (secondary N) is 1. The minimum atomic E-state index is -0.783. The van der Waals surface area contributed by atoms with E-state index in [4.69, 9.17) is 0 Å². The molecule has 0 radical (unpaired) electrons. The van der Waals surface area contributed by atoms with Crippen LogP contribution in [0.1, 0.15) is 108 Å². The minimum absolute atomic E-state index is 0.0349. The summed E-state index contributed by atoms with van der Waals surface area (Å²) in [6.45, 7) is 0. The van der Waals surface area contributed by atoms with E-state index in [0.29, 0.717) is 5.56 Å². The van der Waals surface area contributed by atoms with E-state index in [1.54, 1.807) is 0 Å². The average Bonchev–Trinajstić information content (AvgIpc) is 2.81. The van der Waals surface area contributed by atoms with Crippen LogP contribution in [0.4, 0.5) is 11.4 Å². The monoisotopic (exact) mass is 447 g/mol. The number of aromatic hydroxyl groups is 1. The number of nitrogens with zero attached hydrogens (tertiary/aromatic N) is 2. The molecule has 1 aromatic rings. The van der Waals surface area contributed by atoms with E-state index in [1.807, 2.05) is 0 Å². The Labute approximate surface area is 190 Å². The van der Waals surface area contributed by atoms with Crippen molar-refractivity contribution in [3.05, 3.63) is 37.9 Å². The van der Waals surface area contributed by atoms with Crippen LogP contribution in [0.2, 0.25) is 0 Å². The van der Waals surface area contributed by atoms with E-state index in [9.17, 15) is 25.3 Å². The van der Waals surface area contributed by atoms with Crippen LogP contribution in [0.5, 0.6) is 5.75 Å². The molecule has 0 atom stereocenters. The van der Waals surface area contributed by atoms with Crippen LogP contribution in [0.3, 0.4) is 0 Å². The molecular formula is C24H37N3O5. The molecule has 0 heterocycles. The third kappa shape index (κ3) is 6.89. The van der Waals surface area contributed by atoms with Gasteiger partial charge in [0, 0.05) is 23.7 Å². The maximum atomic E-state index is 10.9. The fraction of sp³-hybridized carbons (Fsp3) is 0.750. The summed E-state index contributed by atoms with van der Waals surface area (Å²) in [6.07, 6.45) is 19.2. The van der Waals surface area contributed by atoms with E-state index in [1.165, 1.54) is 70.3 Å². The van der Waals surface area contributed by atoms with Crippen LogP contribution in [-0.4, -0.2) is 27.0 Å². The number of hydrogen-bond donors (Lipinski definition) is 2. The Morgan fingerprint density at radius 1 is 0.719 bits per heavy atom. The SMILES string of the molecule is C1CCC(NC2CCCCC2)CC1.O=[N+]([O-])c1cc(C2CCCCC2)c(O)c([N+](=O)[O-])c1. The molecule has 0 bridgehead atoms.